The lowest BCUT2D eigenvalue weighted by Gasteiger charge is -2.43. The zero-order valence-corrected chi connectivity index (χ0v) is 15.1. The molecular weight excluding hydrogens is 314 g/mol. The van der Waals surface area contributed by atoms with Gasteiger partial charge in [-0.25, -0.2) is 0 Å². The number of hydrogen-bond donors (Lipinski definition) is 1. The van der Waals surface area contributed by atoms with E-state index in [1.807, 2.05) is 18.0 Å². The summed E-state index contributed by atoms with van der Waals surface area (Å²) in [5, 5.41) is 11.0. The van der Waals surface area contributed by atoms with Crippen LogP contribution in [0.25, 0.3) is 10.9 Å². The van der Waals surface area contributed by atoms with Crippen molar-refractivity contribution in [1.82, 2.24) is 14.5 Å². The molecule has 0 spiro atoms. The summed E-state index contributed by atoms with van der Waals surface area (Å²) in [5.41, 5.74) is 1.75. The molecule has 0 atom stereocenters. The van der Waals surface area contributed by atoms with Gasteiger partial charge in [-0.2, -0.15) is 0 Å². The molecule has 1 aliphatic heterocycles. The third-order valence-electron chi connectivity index (χ3n) is 5.97. The highest BCUT2D eigenvalue weighted by molar-refractivity contribution is 5.80. The molecule has 5 heteroatoms. The van der Waals surface area contributed by atoms with Crippen molar-refractivity contribution in [3.63, 3.8) is 0 Å². The van der Waals surface area contributed by atoms with E-state index in [1.165, 1.54) is 10.9 Å². The van der Waals surface area contributed by atoms with E-state index >= 15 is 0 Å². The molecule has 134 valence electrons. The number of piperidine rings is 1. The zero-order valence-electron chi connectivity index (χ0n) is 15.1. The topological polar surface area (TPSA) is 58.4 Å². The van der Waals surface area contributed by atoms with Gasteiger partial charge in [-0.3, -0.25) is 9.78 Å². The minimum Gasteiger partial charge on any atom is -0.390 e. The van der Waals surface area contributed by atoms with Crippen LogP contribution in [0.5, 0.6) is 0 Å². The highest BCUT2D eigenvalue weighted by Crippen LogP contribution is 2.39. The standard InChI is InChI=1S/C20H27N3O2/c1-20(25)11-16(12-20)19(24)23-7-3-14(4-8-23)9-17-10-18-15(13-21-17)5-6-22(18)2/h5-6,10,13-14,16,25H,3-4,7-9,11-12H2,1-2H3. The minimum atomic E-state index is -0.625. The van der Waals surface area contributed by atoms with Gasteiger partial charge >= 0.3 is 0 Å². The predicted octanol–water partition coefficient (Wildman–Crippen LogP) is 2.52. The number of aryl methyl sites for hydroxylation is 1. The molecule has 5 nitrogen and oxygen atoms in total. The van der Waals surface area contributed by atoms with Gasteiger partial charge in [0.05, 0.1) is 11.1 Å². The number of aromatic nitrogens is 2. The molecule has 2 aromatic heterocycles. The second-order valence-electron chi connectivity index (χ2n) is 8.24. The summed E-state index contributed by atoms with van der Waals surface area (Å²) >= 11 is 0. The Labute approximate surface area is 148 Å². The lowest BCUT2D eigenvalue weighted by molar-refractivity contribution is -0.151. The van der Waals surface area contributed by atoms with Crippen molar-refractivity contribution in [2.75, 3.05) is 13.1 Å². The van der Waals surface area contributed by atoms with Crippen molar-refractivity contribution in [2.24, 2.45) is 18.9 Å². The Hall–Kier alpha value is -1.88. The molecule has 0 unspecified atom stereocenters. The summed E-state index contributed by atoms with van der Waals surface area (Å²) < 4.78 is 2.13. The van der Waals surface area contributed by atoms with Crippen LogP contribution in [-0.2, 0) is 18.3 Å². The molecule has 25 heavy (non-hydrogen) atoms. The Bertz CT molecular complexity index is 779. The summed E-state index contributed by atoms with van der Waals surface area (Å²) in [6.07, 6.45) is 8.34. The highest BCUT2D eigenvalue weighted by atomic mass is 16.3. The molecule has 2 fully saturated rings. The van der Waals surface area contributed by atoms with E-state index in [1.54, 1.807) is 0 Å². The first kappa shape index (κ1) is 16.6. The number of pyridine rings is 1. The molecule has 1 amide bonds. The third kappa shape index (κ3) is 3.30. The van der Waals surface area contributed by atoms with Crippen molar-refractivity contribution in [3.8, 4) is 0 Å². The van der Waals surface area contributed by atoms with Crippen LogP contribution in [0.15, 0.2) is 24.5 Å². The van der Waals surface area contributed by atoms with Crippen LogP contribution >= 0.6 is 0 Å². The van der Waals surface area contributed by atoms with Crippen LogP contribution in [0.2, 0.25) is 0 Å². The Balaban J connectivity index is 1.32. The number of rotatable bonds is 3. The smallest absolute Gasteiger partial charge is 0.225 e. The molecule has 1 N–H and O–H groups in total. The molecule has 0 bridgehead atoms. The van der Waals surface area contributed by atoms with Crippen LogP contribution < -0.4 is 0 Å². The van der Waals surface area contributed by atoms with Crippen LogP contribution in [0.4, 0.5) is 0 Å². The Morgan fingerprint density at radius 3 is 2.76 bits per heavy atom. The van der Waals surface area contributed by atoms with E-state index in [9.17, 15) is 9.90 Å². The van der Waals surface area contributed by atoms with Gasteiger partial charge in [0.2, 0.25) is 5.91 Å². The fraction of sp³-hybridized carbons (Fsp3) is 0.600. The number of aliphatic hydroxyl groups is 1. The quantitative estimate of drug-likeness (QED) is 0.933. The van der Waals surface area contributed by atoms with E-state index in [4.69, 9.17) is 0 Å². The van der Waals surface area contributed by atoms with Gasteiger partial charge in [-0.05, 0) is 57.1 Å². The van der Waals surface area contributed by atoms with Crippen LogP contribution in [0.3, 0.4) is 0 Å². The first-order valence-electron chi connectivity index (χ1n) is 9.32. The number of nitrogens with zero attached hydrogens (tertiary/aromatic N) is 3. The Morgan fingerprint density at radius 1 is 1.36 bits per heavy atom. The molecular formula is C20H27N3O2. The molecule has 0 radical (unpaired) electrons. The summed E-state index contributed by atoms with van der Waals surface area (Å²) in [4.78, 5) is 19.1. The second kappa shape index (κ2) is 6.13. The summed E-state index contributed by atoms with van der Waals surface area (Å²) in [6, 6.07) is 4.29. The highest BCUT2D eigenvalue weighted by Gasteiger charge is 2.44. The maximum Gasteiger partial charge on any atom is 0.225 e. The zero-order chi connectivity index (χ0) is 17.6. The van der Waals surface area contributed by atoms with E-state index < -0.39 is 5.60 Å². The van der Waals surface area contributed by atoms with Crippen molar-refractivity contribution in [3.05, 3.63) is 30.2 Å². The van der Waals surface area contributed by atoms with Crippen molar-refractivity contribution in [2.45, 2.75) is 44.6 Å². The third-order valence-corrected chi connectivity index (χ3v) is 5.97. The van der Waals surface area contributed by atoms with Crippen molar-refractivity contribution < 1.29 is 9.90 Å². The number of carbonyl (C=O) groups excluding carboxylic acids is 1. The molecule has 3 heterocycles. The van der Waals surface area contributed by atoms with Gasteiger partial charge in [0.15, 0.2) is 0 Å². The SMILES string of the molecule is Cn1ccc2cnc(CC3CCN(C(=O)C4CC(C)(O)C4)CC3)cc21. The number of likely N-dealkylation sites (tertiary alicyclic amines) is 1. The second-order valence-corrected chi connectivity index (χ2v) is 8.24. The van der Waals surface area contributed by atoms with Gasteiger partial charge in [0, 0.05) is 49.5 Å². The summed E-state index contributed by atoms with van der Waals surface area (Å²) in [7, 11) is 2.06. The van der Waals surface area contributed by atoms with Gasteiger partial charge < -0.3 is 14.6 Å². The normalized spacial score (nSPS) is 27.5. The minimum absolute atomic E-state index is 0.0352. The van der Waals surface area contributed by atoms with E-state index in [-0.39, 0.29) is 11.8 Å². The van der Waals surface area contributed by atoms with Crippen molar-refractivity contribution >= 4 is 16.8 Å². The average Bonchev–Trinajstić information content (AvgIpc) is 2.93. The number of hydrogen-bond acceptors (Lipinski definition) is 3. The lowest BCUT2D eigenvalue weighted by atomic mass is 9.71. The van der Waals surface area contributed by atoms with E-state index in [2.05, 4.69) is 34.9 Å². The lowest BCUT2D eigenvalue weighted by Crippen LogP contribution is -2.51. The predicted molar refractivity (Wildman–Crippen MR) is 97.1 cm³/mol. The molecule has 4 rings (SSSR count). The monoisotopic (exact) mass is 341 g/mol. The number of fused-ring (bicyclic) bond motifs is 1. The van der Waals surface area contributed by atoms with Gasteiger partial charge in [-0.1, -0.05) is 0 Å². The molecule has 2 aliphatic rings. The number of amides is 1. The van der Waals surface area contributed by atoms with Crippen molar-refractivity contribution in [1.29, 1.82) is 0 Å². The van der Waals surface area contributed by atoms with Crippen LogP contribution in [0.1, 0.15) is 38.3 Å². The fourth-order valence-electron chi connectivity index (χ4n) is 4.40. The average molecular weight is 341 g/mol. The van der Waals surface area contributed by atoms with E-state index in [0.717, 1.165) is 38.0 Å². The Morgan fingerprint density at radius 2 is 2.08 bits per heavy atom. The largest absolute Gasteiger partial charge is 0.390 e. The maximum absolute atomic E-state index is 12.5. The molecule has 1 aliphatic carbocycles. The number of carbonyl (C=O) groups is 1. The molecule has 1 saturated heterocycles. The molecule has 2 aromatic rings. The van der Waals surface area contributed by atoms with Gasteiger partial charge in [0.1, 0.15) is 0 Å². The Kier molecular flexibility index (Phi) is 4.07. The maximum atomic E-state index is 12.5. The van der Waals surface area contributed by atoms with Gasteiger partial charge in [-0.15, -0.1) is 0 Å². The molecule has 1 saturated carbocycles. The van der Waals surface area contributed by atoms with E-state index in [0.29, 0.717) is 18.8 Å². The van der Waals surface area contributed by atoms with Crippen LogP contribution in [0, 0.1) is 11.8 Å². The van der Waals surface area contributed by atoms with Gasteiger partial charge in [0.25, 0.3) is 0 Å². The summed E-state index contributed by atoms with van der Waals surface area (Å²) in [5.74, 6) is 0.875. The molecule has 0 aromatic carbocycles. The first-order valence-corrected chi connectivity index (χ1v) is 9.32. The fourth-order valence-corrected chi connectivity index (χ4v) is 4.40. The summed E-state index contributed by atoms with van der Waals surface area (Å²) in [6.45, 7) is 3.50. The van der Waals surface area contributed by atoms with Crippen LogP contribution in [-0.4, -0.2) is 44.2 Å². The first-order chi connectivity index (χ1) is 11.9.